The Morgan fingerprint density at radius 3 is 2.09 bits per heavy atom. The number of amides is 3. The van der Waals surface area contributed by atoms with E-state index in [4.69, 9.17) is 4.74 Å². The maximum absolute atomic E-state index is 13.5. The molecule has 0 aliphatic heterocycles. The van der Waals surface area contributed by atoms with Crippen molar-refractivity contribution < 1.29 is 19.1 Å². The highest BCUT2D eigenvalue weighted by molar-refractivity contribution is 7.10. The fraction of sp³-hybridized carbons (Fsp3) is 0.522. The van der Waals surface area contributed by atoms with Gasteiger partial charge in [-0.15, -0.1) is 22.7 Å². The minimum absolute atomic E-state index is 0.0866. The Bertz CT molecular complexity index is 809. The number of thiophene rings is 2. The van der Waals surface area contributed by atoms with Gasteiger partial charge < -0.3 is 20.3 Å². The Labute approximate surface area is 198 Å². The molecule has 32 heavy (non-hydrogen) atoms. The fourth-order valence-electron chi connectivity index (χ4n) is 3.01. The molecule has 2 heterocycles. The normalized spacial score (nSPS) is 12.1. The van der Waals surface area contributed by atoms with Gasteiger partial charge in [-0.05, 0) is 62.9 Å². The Morgan fingerprint density at radius 2 is 1.62 bits per heavy atom. The zero-order valence-corrected chi connectivity index (χ0v) is 20.8. The topological polar surface area (TPSA) is 87.7 Å². The molecule has 0 radical (unpaired) electrons. The number of hydrogen-bond acceptors (Lipinski definition) is 6. The quantitative estimate of drug-likeness (QED) is 0.463. The van der Waals surface area contributed by atoms with Gasteiger partial charge in [-0.2, -0.15) is 0 Å². The first-order chi connectivity index (χ1) is 15.1. The van der Waals surface area contributed by atoms with Crippen LogP contribution in [0.15, 0.2) is 35.0 Å². The van der Waals surface area contributed by atoms with Crippen LogP contribution in [-0.2, 0) is 27.4 Å². The lowest BCUT2D eigenvalue weighted by Gasteiger charge is -2.28. The van der Waals surface area contributed by atoms with Gasteiger partial charge in [0.05, 0.1) is 13.1 Å². The molecule has 2 aromatic rings. The van der Waals surface area contributed by atoms with E-state index in [1.807, 2.05) is 55.8 Å². The first kappa shape index (κ1) is 25.9. The van der Waals surface area contributed by atoms with Crippen molar-refractivity contribution in [2.24, 2.45) is 0 Å². The predicted molar refractivity (Wildman–Crippen MR) is 129 cm³/mol. The largest absolute Gasteiger partial charge is 0.436 e. The lowest BCUT2D eigenvalue weighted by Crippen LogP contribution is -2.46. The van der Waals surface area contributed by atoms with Crippen LogP contribution in [0.1, 0.15) is 56.7 Å². The molecular formula is C23H33N3O4S2. The molecule has 0 fully saturated rings. The number of hydrogen-bond donors (Lipinski definition) is 2. The van der Waals surface area contributed by atoms with E-state index in [9.17, 15) is 14.4 Å². The lowest BCUT2D eigenvalue weighted by atomic mass is 10.1. The summed E-state index contributed by atoms with van der Waals surface area (Å²) in [4.78, 5) is 40.9. The number of unbranched alkanes of at least 4 members (excludes halogenated alkanes) is 1. The number of rotatable bonds is 11. The minimum atomic E-state index is -0.894. The molecule has 2 aromatic heterocycles. The summed E-state index contributed by atoms with van der Waals surface area (Å²) in [5.74, 6) is -0.299. The number of carbonyl (C=O) groups excluding carboxylic acids is 3. The number of nitrogens with one attached hydrogen (secondary N) is 2. The highest BCUT2D eigenvalue weighted by Crippen LogP contribution is 2.20. The number of carbonyl (C=O) groups is 3. The van der Waals surface area contributed by atoms with Crippen LogP contribution in [0.2, 0.25) is 0 Å². The molecule has 0 unspecified atom stereocenters. The van der Waals surface area contributed by atoms with Gasteiger partial charge in [-0.1, -0.05) is 12.1 Å². The molecule has 7 nitrogen and oxygen atoms in total. The maximum Gasteiger partial charge on any atom is 0.408 e. The molecule has 0 saturated carbocycles. The summed E-state index contributed by atoms with van der Waals surface area (Å²) >= 11 is 3.18. The van der Waals surface area contributed by atoms with E-state index in [0.717, 1.165) is 9.75 Å². The molecule has 0 spiro atoms. The summed E-state index contributed by atoms with van der Waals surface area (Å²) < 4.78 is 5.61. The van der Waals surface area contributed by atoms with Gasteiger partial charge >= 0.3 is 6.09 Å². The van der Waals surface area contributed by atoms with Gasteiger partial charge in [0.25, 0.3) is 5.91 Å². The number of alkyl carbamates (subject to hydrolysis) is 1. The second-order valence-corrected chi connectivity index (χ2v) is 10.7. The standard InChI is InChI=1S/C23H33N3O4S2/c1-17(27)24-12-6-5-11-20(30-22(29)25-23(2,3)4)21(28)26(15-18-9-7-13-31-18)16-19-10-8-14-32-19/h7-10,13-14,20H,5-6,11-12,15-16H2,1-4H3,(H,24,27)(H,25,29)/t20-/m0/s1. The molecule has 0 bridgehead atoms. The van der Waals surface area contributed by atoms with Crippen LogP contribution in [-0.4, -0.2) is 41.0 Å². The summed E-state index contributed by atoms with van der Waals surface area (Å²) in [7, 11) is 0. The zero-order chi connectivity index (χ0) is 23.6. The summed E-state index contributed by atoms with van der Waals surface area (Å²) in [6, 6.07) is 7.91. The van der Waals surface area contributed by atoms with E-state index >= 15 is 0 Å². The third-order valence-corrected chi connectivity index (χ3v) is 6.16. The summed E-state index contributed by atoms with van der Waals surface area (Å²) in [5.41, 5.74) is -0.469. The molecule has 3 amide bonds. The van der Waals surface area contributed by atoms with Crippen molar-refractivity contribution in [3.05, 3.63) is 44.8 Å². The molecular weight excluding hydrogens is 446 g/mol. The van der Waals surface area contributed by atoms with E-state index < -0.39 is 17.7 Å². The van der Waals surface area contributed by atoms with E-state index in [1.165, 1.54) is 6.92 Å². The van der Waals surface area contributed by atoms with Crippen molar-refractivity contribution in [3.8, 4) is 0 Å². The maximum atomic E-state index is 13.5. The SMILES string of the molecule is CC(=O)NCCCC[C@H](OC(=O)NC(C)(C)C)C(=O)N(Cc1cccs1)Cc1cccs1. The van der Waals surface area contributed by atoms with E-state index in [1.54, 1.807) is 27.6 Å². The minimum Gasteiger partial charge on any atom is -0.436 e. The number of ether oxygens (including phenoxy) is 1. The van der Waals surface area contributed by atoms with E-state index in [2.05, 4.69) is 10.6 Å². The van der Waals surface area contributed by atoms with Crippen LogP contribution >= 0.6 is 22.7 Å². The van der Waals surface area contributed by atoms with Gasteiger partial charge in [-0.25, -0.2) is 4.79 Å². The second-order valence-electron chi connectivity index (χ2n) is 8.60. The van der Waals surface area contributed by atoms with E-state index in [-0.39, 0.29) is 11.8 Å². The van der Waals surface area contributed by atoms with Crippen molar-refractivity contribution >= 4 is 40.6 Å². The van der Waals surface area contributed by atoms with Crippen molar-refractivity contribution in [3.63, 3.8) is 0 Å². The number of nitrogens with zero attached hydrogens (tertiary/aromatic N) is 1. The zero-order valence-electron chi connectivity index (χ0n) is 19.2. The average Bonchev–Trinajstić information content (AvgIpc) is 3.38. The van der Waals surface area contributed by atoms with Gasteiger partial charge in [-0.3, -0.25) is 9.59 Å². The Kier molecular flexibility index (Phi) is 10.2. The third-order valence-electron chi connectivity index (χ3n) is 4.43. The monoisotopic (exact) mass is 479 g/mol. The van der Waals surface area contributed by atoms with Gasteiger partial charge in [0.15, 0.2) is 6.10 Å². The Morgan fingerprint density at radius 1 is 1.03 bits per heavy atom. The van der Waals surface area contributed by atoms with E-state index in [0.29, 0.717) is 38.9 Å². The molecule has 176 valence electrons. The fourth-order valence-corrected chi connectivity index (χ4v) is 4.45. The summed E-state index contributed by atoms with van der Waals surface area (Å²) in [6.07, 6.45) is 0.232. The highest BCUT2D eigenvalue weighted by Gasteiger charge is 2.29. The average molecular weight is 480 g/mol. The molecule has 9 heteroatoms. The summed E-state index contributed by atoms with van der Waals surface area (Å²) in [6.45, 7) is 8.50. The lowest BCUT2D eigenvalue weighted by molar-refractivity contribution is -0.142. The Hall–Kier alpha value is -2.39. The van der Waals surface area contributed by atoms with Gasteiger partial charge in [0.2, 0.25) is 5.91 Å². The molecule has 2 N–H and O–H groups in total. The Balaban J connectivity index is 2.12. The van der Waals surface area contributed by atoms with Crippen molar-refractivity contribution in [2.45, 2.75) is 71.7 Å². The molecule has 0 aromatic carbocycles. The van der Waals surface area contributed by atoms with Crippen LogP contribution in [0.25, 0.3) is 0 Å². The smallest absolute Gasteiger partial charge is 0.408 e. The van der Waals surface area contributed by atoms with Gasteiger partial charge in [0.1, 0.15) is 0 Å². The van der Waals surface area contributed by atoms with Crippen molar-refractivity contribution in [2.75, 3.05) is 6.54 Å². The molecule has 0 saturated heterocycles. The van der Waals surface area contributed by atoms with Crippen LogP contribution in [0.4, 0.5) is 4.79 Å². The summed E-state index contributed by atoms with van der Waals surface area (Å²) in [5, 5.41) is 9.48. The van der Waals surface area contributed by atoms with Crippen LogP contribution in [0.5, 0.6) is 0 Å². The van der Waals surface area contributed by atoms with Crippen LogP contribution in [0, 0.1) is 0 Å². The first-order valence-corrected chi connectivity index (χ1v) is 12.5. The van der Waals surface area contributed by atoms with Gasteiger partial charge in [0, 0.05) is 28.8 Å². The molecule has 0 aliphatic rings. The van der Waals surface area contributed by atoms with Crippen LogP contribution < -0.4 is 10.6 Å². The van der Waals surface area contributed by atoms with Crippen molar-refractivity contribution in [1.82, 2.24) is 15.5 Å². The molecule has 1 atom stereocenters. The third kappa shape index (κ3) is 9.82. The first-order valence-electron chi connectivity index (χ1n) is 10.7. The predicted octanol–water partition coefficient (Wildman–Crippen LogP) is 4.54. The van der Waals surface area contributed by atoms with Crippen LogP contribution in [0.3, 0.4) is 0 Å². The van der Waals surface area contributed by atoms with Crippen molar-refractivity contribution in [1.29, 1.82) is 0 Å². The highest BCUT2D eigenvalue weighted by atomic mass is 32.1. The second kappa shape index (κ2) is 12.6. The molecule has 0 aliphatic carbocycles. The molecule has 2 rings (SSSR count).